The number of aromatic nitrogens is 8. The highest BCUT2D eigenvalue weighted by Crippen LogP contribution is 2.39. The average Bonchev–Trinajstić information content (AvgIpc) is 3.37. The Morgan fingerprint density at radius 3 is 2.59 bits per heavy atom. The van der Waals surface area contributed by atoms with Crippen molar-refractivity contribution in [2.45, 2.75) is 25.9 Å². The maximum Gasteiger partial charge on any atom is 0.584 e. The maximum absolute atomic E-state index is 13.5. The molecule has 0 saturated heterocycles. The number of hydrogen-bond acceptors (Lipinski definition) is 4. The van der Waals surface area contributed by atoms with Crippen LogP contribution in [0.1, 0.15) is 17.1 Å². The first kappa shape index (κ1) is 16.3. The molecule has 0 fully saturated rings. The van der Waals surface area contributed by atoms with Gasteiger partial charge >= 0.3 is 12.1 Å². The van der Waals surface area contributed by atoms with Gasteiger partial charge in [0, 0.05) is 18.2 Å². The van der Waals surface area contributed by atoms with E-state index in [1.807, 2.05) is 29.8 Å². The van der Waals surface area contributed by atoms with Crippen LogP contribution in [0.2, 0.25) is 0 Å². The van der Waals surface area contributed by atoms with E-state index in [0.717, 1.165) is 11.6 Å². The van der Waals surface area contributed by atoms with Crippen LogP contribution in [0.15, 0.2) is 43.0 Å². The number of rotatable bonds is 0. The first-order chi connectivity index (χ1) is 13.8. The van der Waals surface area contributed by atoms with E-state index in [0.29, 0.717) is 28.7 Å². The van der Waals surface area contributed by atoms with Gasteiger partial charge in [0.2, 0.25) is 11.5 Å². The molecule has 0 radical (unpaired) electrons. The normalized spacial score (nSPS) is 18.7. The number of hydrogen-bond donors (Lipinski definition) is 0. The summed E-state index contributed by atoms with van der Waals surface area (Å²) in [5.74, 6) is -0.330. The van der Waals surface area contributed by atoms with Crippen molar-refractivity contribution in [3.05, 3.63) is 60.1 Å². The molecule has 6 heterocycles. The summed E-state index contributed by atoms with van der Waals surface area (Å²) in [5, 5.41) is 8.52. The highest BCUT2D eigenvalue weighted by Gasteiger charge is 2.70. The first-order valence-electron chi connectivity index (χ1n) is 8.83. The highest BCUT2D eigenvalue weighted by molar-refractivity contribution is 5.56. The van der Waals surface area contributed by atoms with Crippen LogP contribution in [0.4, 0.5) is 13.2 Å². The third-order valence-corrected chi connectivity index (χ3v) is 5.29. The molecular weight excluding hydrogens is 385 g/mol. The van der Waals surface area contributed by atoms with Gasteiger partial charge in [-0.15, -0.1) is 9.78 Å². The van der Waals surface area contributed by atoms with Gasteiger partial charge in [-0.25, -0.2) is 4.98 Å². The summed E-state index contributed by atoms with van der Waals surface area (Å²) < 4.78 is 47.2. The van der Waals surface area contributed by atoms with Gasteiger partial charge in [-0.1, -0.05) is 13.8 Å². The van der Waals surface area contributed by atoms with Crippen LogP contribution in [-0.2, 0) is 12.1 Å². The van der Waals surface area contributed by atoms with Gasteiger partial charge in [0.15, 0.2) is 23.8 Å². The summed E-state index contributed by atoms with van der Waals surface area (Å²) in [6.45, 7) is 3.63. The van der Waals surface area contributed by atoms with Crippen LogP contribution < -0.4 is 9.13 Å². The molecule has 6 rings (SSSR count). The van der Waals surface area contributed by atoms with E-state index >= 15 is 0 Å². The molecule has 29 heavy (non-hydrogen) atoms. The second-order valence-corrected chi connectivity index (χ2v) is 7.11. The van der Waals surface area contributed by atoms with E-state index < -0.39 is 17.8 Å². The molecule has 11 heteroatoms. The van der Waals surface area contributed by atoms with Gasteiger partial charge in [0.1, 0.15) is 12.0 Å². The van der Waals surface area contributed by atoms with Crippen molar-refractivity contribution >= 4 is 0 Å². The van der Waals surface area contributed by atoms with Gasteiger partial charge in [-0.3, -0.25) is 4.98 Å². The second kappa shape index (κ2) is 4.85. The smallest absolute Gasteiger partial charge is 0.251 e. The SMILES string of the molecule is Cc1cc[n+]2c(c1)-c1cc(C(F)(F)F)nn1C21n2nc(C)nc2-c2cncc[n+]21. The molecule has 0 amide bonds. The van der Waals surface area contributed by atoms with E-state index in [1.165, 1.54) is 4.68 Å². The van der Waals surface area contributed by atoms with Crippen molar-refractivity contribution in [1.29, 1.82) is 0 Å². The molecule has 0 aliphatic carbocycles. The van der Waals surface area contributed by atoms with Crippen molar-refractivity contribution in [3.8, 4) is 22.9 Å². The maximum atomic E-state index is 13.5. The quantitative estimate of drug-likeness (QED) is 0.361. The number of halogens is 3. The minimum absolute atomic E-state index is 0.345. The number of aryl methyl sites for hydroxylation is 2. The summed E-state index contributed by atoms with van der Waals surface area (Å²) in [7, 11) is 0. The lowest BCUT2D eigenvalue weighted by molar-refractivity contribution is -0.990. The van der Waals surface area contributed by atoms with Crippen molar-refractivity contribution in [2.24, 2.45) is 0 Å². The Bertz CT molecular complexity index is 1340. The van der Waals surface area contributed by atoms with Crippen molar-refractivity contribution in [3.63, 3.8) is 0 Å². The molecule has 0 N–H and O–H groups in total. The predicted molar refractivity (Wildman–Crippen MR) is 89.9 cm³/mol. The van der Waals surface area contributed by atoms with E-state index in [-0.39, 0.29) is 0 Å². The Labute approximate surface area is 161 Å². The predicted octanol–water partition coefficient (Wildman–Crippen LogP) is 1.25. The van der Waals surface area contributed by atoms with Crippen molar-refractivity contribution < 1.29 is 22.3 Å². The fourth-order valence-corrected chi connectivity index (χ4v) is 4.19. The average molecular weight is 398 g/mol. The molecule has 8 nitrogen and oxygen atoms in total. The zero-order valence-electron chi connectivity index (χ0n) is 15.3. The van der Waals surface area contributed by atoms with Gasteiger partial charge < -0.3 is 0 Å². The van der Waals surface area contributed by atoms with Gasteiger partial charge in [-0.05, 0) is 19.4 Å². The van der Waals surface area contributed by atoms with Crippen LogP contribution in [-0.4, -0.2) is 29.5 Å². The Kier molecular flexibility index (Phi) is 2.73. The van der Waals surface area contributed by atoms with Crippen LogP contribution in [0, 0.1) is 13.8 Å². The topological polar surface area (TPSA) is 69.2 Å². The van der Waals surface area contributed by atoms with Crippen LogP contribution in [0.25, 0.3) is 22.9 Å². The summed E-state index contributed by atoms with van der Waals surface area (Å²) in [5.41, 5.74) is 1.54. The van der Waals surface area contributed by atoms with Crippen LogP contribution >= 0.6 is 0 Å². The van der Waals surface area contributed by atoms with Crippen LogP contribution in [0.5, 0.6) is 0 Å². The summed E-state index contributed by atoms with van der Waals surface area (Å²) in [4.78, 5) is 8.65. The molecular formula is C18H13F3N8+2. The van der Waals surface area contributed by atoms with E-state index in [2.05, 4.69) is 20.2 Å². The monoisotopic (exact) mass is 398 g/mol. The van der Waals surface area contributed by atoms with E-state index in [4.69, 9.17) is 0 Å². The lowest BCUT2D eigenvalue weighted by Gasteiger charge is -2.15. The fraction of sp³-hybridized carbons (Fsp3) is 0.222. The molecule has 0 bridgehead atoms. The molecule has 2 aliphatic rings. The summed E-state index contributed by atoms with van der Waals surface area (Å²) >= 11 is 0. The van der Waals surface area contributed by atoms with Gasteiger partial charge in [-0.2, -0.15) is 18.3 Å². The molecule has 1 unspecified atom stereocenters. The van der Waals surface area contributed by atoms with Gasteiger partial charge in [0.25, 0.3) is 5.69 Å². The number of alkyl halides is 3. The Morgan fingerprint density at radius 2 is 1.79 bits per heavy atom. The van der Waals surface area contributed by atoms with Crippen LogP contribution in [0.3, 0.4) is 0 Å². The third kappa shape index (κ3) is 1.80. The Hall–Kier alpha value is -3.63. The largest absolute Gasteiger partial charge is 0.584 e. The lowest BCUT2D eigenvalue weighted by atomic mass is 10.2. The standard InChI is InChI=1S/C18H13F3N8/c1-10-3-5-26-12(7-10)13-8-15(17(19,20)21)25-28(13)18(26)27-6-4-22-9-14(27)16-23-11(2)24-29(16)18/h3-9H,1-2H3/q+2. The minimum Gasteiger partial charge on any atom is -0.251 e. The Morgan fingerprint density at radius 1 is 1.00 bits per heavy atom. The second-order valence-electron chi connectivity index (χ2n) is 7.11. The minimum atomic E-state index is -4.57. The fourth-order valence-electron chi connectivity index (χ4n) is 4.19. The van der Waals surface area contributed by atoms with Gasteiger partial charge in [0.05, 0.1) is 6.20 Å². The molecule has 2 aliphatic heterocycles. The van der Waals surface area contributed by atoms with Crippen molar-refractivity contribution in [1.82, 2.24) is 29.5 Å². The first-order valence-corrected chi connectivity index (χ1v) is 8.83. The highest BCUT2D eigenvalue weighted by atomic mass is 19.4. The molecule has 1 atom stereocenters. The number of pyridine rings is 1. The molecule has 4 aromatic rings. The third-order valence-electron chi connectivity index (χ3n) is 5.29. The number of nitrogens with zero attached hydrogens (tertiary/aromatic N) is 8. The zero-order chi connectivity index (χ0) is 20.1. The number of fused-ring (bicyclic) bond motifs is 10. The lowest BCUT2D eigenvalue weighted by Crippen LogP contribution is -2.77. The molecule has 144 valence electrons. The zero-order valence-corrected chi connectivity index (χ0v) is 15.3. The van der Waals surface area contributed by atoms with E-state index in [9.17, 15) is 13.2 Å². The molecule has 1 spiro atoms. The molecule has 0 saturated carbocycles. The Balaban J connectivity index is 1.81. The molecule has 4 aromatic heterocycles. The van der Waals surface area contributed by atoms with E-state index in [1.54, 1.807) is 34.8 Å². The summed E-state index contributed by atoms with van der Waals surface area (Å²) in [6.07, 6.45) is 2.15. The summed E-state index contributed by atoms with van der Waals surface area (Å²) in [6, 6.07) is 4.81. The molecule has 0 aromatic carbocycles. The van der Waals surface area contributed by atoms with Crippen molar-refractivity contribution in [2.75, 3.05) is 0 Å².